The average molecular weight is 300 g/mol. The van der Waals surface area contributed by atoms with Gasteiger partial charge in [-0.3, -0.25) is 0 Å². The maximum Gasteiger partial charge on any atom is 0.337 e. The molecule has 0 aliphatic carbocycles. The second-order valence-corrected chi connectivity index (χ2v) is 3.95. The number of nitrogens with one attached hydrogen (secondary N) is 2. The van der Waals surface area contributed by atoms with Crippen molar-refractivity contribution < 1.29 is 28.6 Å². The van der Waals surface area contributed by atoms with Crippen LogP contribution < -0.4 is 10.6 Å². The molecule has 2 amide bonds. The van der Waals surface area contributed by atoms with E-state index < -0.39 is 17.8 Å². The summed E-state index contributed by atoms with van der Waals surface area (Å²) in [5.74, 6) is -2.14. The number of carbonyl (C=O) groups is 2. The van der Waals surface area contributed by atoms with Crippen LogP contribution in [0.1, 0.15) is 10.4 Å². The van der Waals surface area contributed by atoms with E-state index in [2.05, 4.69) is 10.6 Å². The van der Waals surface area contributed by atoms with E-state index >= 15 is 0 Å². The Balaban J connectivity index is 2.46. The van der Waals surface area contributed by atoms with Gasteiger partial charge in [-0.05, 0) is 12.1 Å². The third kappa shape index (κ3) is 5.76. The summed E-state index contributed by atoms with van der Waals surface area (Å²) < 4.78 is 23.5. The molecule has 21 heavy (non-hydrogen) atoms. The number of carbonyl (C=O) groups excluding carboxylic acids is 1. The molecule has 0 fully saturated rings. The van der Waals surface area contributed by atoms with Crippen molar-refractivity contribution in [1.29, 1.82) is 0 Å². The molecule has 0 saturated carbocycles. The molecule has 7 nitrogen and oxygen atoms in total. The van der Waals surface area contributed by atoms with Crippen molar-refractivity contribution in [3.8, 4) is 0 Å². The number of urea groups is 1. The summed E-state index contributed by atoms with van der Waals surface area (Å²) in [5.41, 5.74) is -0.690. The van der Waals surface area contributed by atoms with Crippen molar-refractivity contribution in [2.75, 3.05) is 38.8 Å². The number of anilines is 1. The molecule has 0 heterocycles. The minimum atomic E-state index is -1.33. The molecule has 0 unspecified atom stereocenters. The van der Waals surface area contributed by atoms with E-state index in [1.165, 1.54) is 12.1 Å². The Kier molecular flexibility index (Phi) is 7.13. The van der Waals surface area contributed by atoms with Crippen LogP contribution in [0.15, 0.2) is 18.2 Å². The van der Waals surface area contributed by atoms with Crippen LogP contribution in [0.25, 0.3) is 0 Å². The van der Waals surface area contributed by atoms with Gasteiger partial charge in [-0.15, -0.1) is 0 Å². The molecular formula is C13H17FN2O5. The number of carboxylic acids is 1. The fourth-order valence-corrected chi connectivity index (χ4v) is 1.47. The summed E-state index contributed by atoms with van der Waals surface area (Å²) in [7, 11) is 1.55. The molecule has 1 aromatic carbocycles. The SMILES string of the molecule is COCCOCCNC(=O)Nc1c(F)cccc1C(=O)O. The minimum absolute atomic E-state index is 0.201. The van der Waals surface area contributed by atoms with Gasteiger partial charge in [0.2, 0.25) is 0 Å². The smallest absolute Gasteiger partial charge is 0.337 e. The topological polar surface area (TPSA) is 96.9 Å². The molecule has 0 radical (unpaired) electrons. The quantitative estimate of drug-likeness (QED) is 0.629. The third-order valence-corrected chi connectivity index (χ3v) is 2.45. The van der Waals surface area contributed by atoms with Crippen molar-refractivity contribution in [1.82, 2.24) is 5.32 Å². The van der Waals surface area contributed by atoms with Crippen molar-refractivity contribution >= 4 is 17.7 Å². The van der Waals surface area contributed by atoms with Gasteiger partial charge < -0.3 is 25.2 Å². The van der Waals surface area contributed by atoms with E-state index in [-0.39, 0.29) is 24.4 Å². The second-order valence-electron chi connectivity index (χ2n) is 3.95. The second kappa shape index (κ2) is 8.88. The molecule has 1 rings (SSSR count). The van der Waals surface area contributed by atoms with Crippen LogP contribution in [-0.4, -0.2) is 50.6 Å². The van der Waals surface area contributed by atoms with Crippen LogP contribution >= 0.6 is 0 Å². The van der Waals surface area contributed by atoms with Crippen LogP contribution in [0, 0.1) is 5.82 Å². The van der Waals surface area contributed by atoms with Gasteiger partial charge >= 0.3 is 12.0 Å². The highest BCUT2D eigenvalue weighted by atomic mass is 19.1. The highest BCUT2D eigenvalue weighted by Gasteiger charge is 2.16. The van der Waals surface area contributed by atoms with Crippen LogP contribution in [0.5, 0.6) is 0 Å². The number of amides is 2. The Hall–Kier alpha value is -2.19. The predicted octanol–water partition coefficient (Wildman–Crippen LogP) is 1.31. The summed E-state index contributed by atoms with van der Waals surface area (Å²) in [6, 6.07) is 2.81. The van der Waals surface area contributed by atoms with E-state index in [4.69, 9.17) is 14.6 Å². The first-order chi connectivity index (χ1) is 10.1. The molecule has 3 N–H and O–H groups in total. The van der Waals surface area contributed by atoms with Crippen molar-refractivity contribution in [3.63, 3.8) is 0 Å². The van der Waals surface area contributed by atoms with Crippen LogP contribution in [0.4, 0.5) is 14.9 Å². The Morgan fingerprint density at radius 1 is 1.29 bits per heavy atom. The lowest BCUT2D eigenvalue weighted by Gasteiger charge is -2.11. The summed E-state index contributed by atoms with van der Waals surface area (Å²) >= 11 is 0. The first-order valence-corrected chi connectivity index (χ1v) is 6.19. The lowest BCUT2D eigenvalue weighted by Crippen LogP contribution is -2.32. The Bertz CT molecular complexity index is 495. The molecule has 1 aromatic rings. The van der Waals surface area contributed by atoms with Crippen molar-refractivity contribution in [3.05, 3.63) is 29.6 Å². The maximum atomic E-state index is 13.6. The number of rotatable bonds is 8. The Labute approximate surface area is 121 Å². The number of benzene rings is 1. The normalized spacial score (nSPS) is 10.2. The van der Waals surface area contributed by atoms with Gasteiger partial charge in [0, 0.05) is 13.7 Å². The van der Waals surface area contributed by atoms with E-state index in [9.17, 15) is 14.0 Å². The van der Waals surface area contributed by atoms with Gasteiger partial charge in [-0.1, -0.05) is 6.07 Å². The zero-order valence-corrected chi connectivity index (χ0v) is 11.5. The fraction of sp³-hybridized carbons (Fsp3) is 0.385. The summed E-state index contributed by atoms with van der Waals surface area (Å²) in [5, 5.41) is 13.5. The Morgan fingerprint density at radius 2 is 2.05 bits per heavy atom. The maximum absolute atomic E-state index is 13.6. The van der Waals surface area contributed by atoms with Gasteiger partial charge in [0.1, 0.15) is 5.82 Å². The fourth-order valence-electron chi connectivity index (χ4n) is 1.47. The molecule has 0 aliphatic rings. The summed E-state index contributed by atoms with van der Waals surface area (Å²) in [6.07, 6.45) is 0. The Morgan fingerprint density at radius 3 is 2.71 bits per heavy atom. The third-order valence-electron chi connectivity index (χ3n) is 2.45. The van der Waals surface area contributed by atoms with E-state index in [1.807, 2.05) is 0 Å². The van der Waals surface area contributed by atoms with Crippen LogP contribution in [0.3, 0.4) is 0 Å². The number of aromatic carboxylic acids is 1. The van der Waals surface area contributed by atoms with Crippen molar-refractivity contribution in [2.24, 2.45) is 0 Å². The molecule has 0 aromatic heterocycles. The minimum Gasteiger partial charge on any atom is -0.478 e. The van der Waals surface area contributed by atoms with Gasteiger partial charge in [-0.25, -0.2) is 14.0 Å². The molecular weight excluding hydrogens is 283 g/mol. The number of para-hydroxylation sites is 1. The zero-order chi connectivity index (χ0) is 15.7. The number of ether oxygens (including phenoxy) is 2. The summed E-state index contributed by atoms with van der Waals surface area (Å²) in [6.45, 7) is 1.31. The van der Waals surface area contributed by atoms with Gasteiger partial charge in [0.05, 0.1) is 31.1 Å². The number of carboxylic acid groups (broad SMARTS) is 1. The number of methoxy groups -OCH3 is 1. The molecule has 0 bridgehead atoms. The average Bonchev–Trinajstić information content (AvgIpc) is 2.44. The van der Waals surface area contributed by atoms with E-state index in [0.717, 1.165) is 6.07 Å². The zero-order valence-electron chi connectivity index (χ0n) is 11.5. The predicted molar refractivity (Wildman–Crippen MR) is 73.1 cm³/mol. The lowest BCUT2D eigenvalue weighted by atomic mass is 10.1. The number of hydrogen-bond acceptors (Lipinski definition) is 4. The molecule has 0 saturated heterocycles. The molecule has 0 spiro atoms. The van der Waals surface area contributed by atoms with Crippen molar-refractivity contribution in [2.45, 2.75) is 0 Å². The molecule has 116 valence electrons. The van der Waals surface area contributed by atoms with Gasteiger partial charge in [0.25, 0.3) is 0 Å². The number of hydrogen-bond donors (Lipinski definition) is 3. The van der Waals surface area contributed by atoms with E-state index in [0.29, 0.717) is 13.2 Å². The molecule has 8 heteroatoms. The highest BCUT2D eigenvalue weighted by Crippen LogP contribution is 2.19. The molecule has 0 atom stereocenters. The molecule has 0 aliphatic heterocycles. The van der Waals surface area contributed by atoms with E-state index in [1.54, 1.807) is 7.11 Å². The largest absolute Gasteiger partial charge is 0.478 e. The standard InChI is InChI=1S/C13H17FN2O5/c1-20-7-8-21-6-5-15-13(19)16-11-9(12(17)18)3-2-4-10(11)14/h2-4H,5-8H2,1H3,(H,17,18)(H2,15,16,19). The van der Waals surface area contributed by atoms with Crippen LogP contribution in [0.2, 0.25) is 0 Å². The first kappa shape index (κ1) is 16.9. The lowest BCUT2D eigenvalue weighted by molar-refractivity contribution is 0.0697. The van der Waals surface area contributed by atoms with Gasteiger partial charge in [0.15, 0.2) is 0 Å². The summed E-state index contributed by atoms with van der Waals surface area (Å²) in [4.78, 5) is 22.5. The van der Waals surface area contributed by atoms with Crippen LogP contribution in [-0.2, 0) is 9.47 Å². The first-order valence-electron chi connectivity index (χ1n) is 6.19. The monoisotopic (exact) mass is 300 g/mol. The van der Waals surface area contributed by atoms with Gasteiger partial charge in [-0.2, -0.15) is 0 Å². The number of halogens is 1. The highest BCUT2D eigenvalue weighted by molar-refractivity contribution is 6.00.